The summed E-state index contributed by atoms with van der Waals surface area (Å²) in [6, 6.07) is 14.8. The predicted octanol–water partition coefficient (Wildman–Crippen LogP) is 5.97. The van der Waals surface area contributed by atoms with E-state index in [9.17, 15) is 10.1 Å². The Bertz CT molecular complexity index is 1040. The maximum Gasteiger partial charge on any atom is 0.251 e. The smallest absolute Gasteiger partial charge is 0.251 e. The van der Waals surface area contributed by atoms with Gasteiger partial charge in [0.2, 0.25) is 0 Å². The molecule has 0 aliphatic carbocycles. The molecular weight excluding hydrogens is 422 g/mol. The monoisotopic (exact) mass is 453 g/mol. The van der Waals surface area contributed by atoms with E-state index in [2.05, 4.69) is 44.4 Å². The number of nitriles is 1. The molecule has 0 saturated carbocycles. The first kappa shape index (κ1) is 24.1. The molecule has 2 aromatic rings. The van der Waals surface area contributed by atoms with Gasteiger partial charge in [0.15, 0.2) is 0 Å². The van der Waals surface area contributed by atoms with Crippen molar-refractivity contribution in [3.05, 3.63) is 58.6 Å². The molecule has 2 N–H and O–H groups in total. The number of hydrogen-bond donors (Lipinski definition) is 2. The number of halogens is 1. The number of nitrogens with zero attached hydrogens (tertiary/aromatic N) is 1. The SMILES string of the molecule is CC1(C)CC(NC(=O)c2ccc(Oc3cccc(C(C)(C)C#N)c3)c(Cl)c2)CC(C)(C)N1. The highest BCUT2D eigenvalue weighted by atomic mass is 35.5. The minimum Gasteiger partial charge on any atom is -0.456 e. The van der Waals surface area contributed by atoms with Crippen LogP contribution in [0.25, 0.3) is 0 Å². The molecule has 32 heavy (non-hydrogen) atoms. The summed E-state index contributed by atoms with van der Waals surface area (Å²) in [6.07, 6.45) is 1.71. The molecule has 2 aromatic carbocycles. The highest BCUT2D eigenvalue weighted by molar-refractivity contribution is 6.32. The van der Waals surface area contributed by atoms with Crippen LogP contribution in [0.4, 0.5) is 0 Å². The number of nitrogens with one attached hydrogen (secondary N) is 2. The van der Waals surface area contributed by atoms with E-state index in [1.54, 1.807) is 18.2 Å². The first-order chi connectivity index (χ1) is 14.8. The standard InChI is InChI=1S/C26H32ClN3O2/c1-24(2,16-28)18-8-7-9-20(13-18)32-22-11-10-17(12-21(22)27)23(31)29-19-14-25(3,4)30-26(5,6)15-19/h7-13,19,30H,14-15H2,1-6H3,(H,29,31). The van der Waals surface area contributed by atoms with Crippen LogP contribution >= 0.6 is 11.6 Å². The molecule has 1 heterocycles. The molecule has 0 spiro atoms. The van der Waals surface area contributed by atoms with Gasteiger partial charge in [-0.3, -0.25) is 4.79 Å². The molecule has 1 saturated heterocycles. The summed E-state index contributed by atoms with van der Waals surface area (Å²) >= 11 is 6.45. The van der Waals surface area contributed by atoms with E-state index in [1.165, 1.54) is 0 Å². The van der Waals surface area contributed by atoms with E-state index in [1.807, 2.05) is 38.1 Å². The molecule has 1 fully saturated rings. The Morgan fingerprint density at radius 1 is 1.16 bits per heavy atom. The Morgan fingerprint density at radius 2 is 1.81 bits per heavy atom. The quantitative estimate of drug-likeness (QED) is 0.584. The first-order valence-electron chi connectivity index (χ1n) is 10.9. The lowest BCUT2D eigenvalue weighted by Crippen LogP contribution is -2.62. The lowest BCUT2D eigenvalue weighted by atomic mass is 9.79. The number of benzene rings is 2. The zero-order chi connectivity index (χ0) is 23.7. The molecule has 0 unspecified atom stereocenters. The van der Waals surface area contributed by atoms with Crippen LogP contribution in [0.2, 0.25) is 5.02 Å². The molecule has 170 valence electrons. The zero-order valence-corrected chi connectivity index (χ0v) is 20.4. The Balaban J connectivity index is 1.72. The first-order valence-corrected chi connectivity index (χ1v) is 11.3. The van der Waals surface area contributed by atoms with E-state index in [0.29, 0.717) is 22.1 Å². The molecular formula is C26H32ClN3O2. The van der Waals surface area contributed by atoms with Gasteiger partial charge in [0.05, 0.1) is 16.5 Å². The van der Waals surface area contributed by atoms with Crippen molar-refractivity contribution >= 4 is 17.5 Å². The highest BCUT2D eigenvalue weighted by Crippen LogP contribution is 2.33. The van der Waals surface area contributed by atoms with Gasteiger partial charge in [-0.1, -0.05) is 23.7 Å². The molecule has 1 aliphatic heterocycles. The van der Waals surface area contributed by atoms with Crippen molar-refractivity contribution in [1.82, 2.24) is 10.6 Å². The third-order valence-electron chi connectivity index (χ3n) is 5.78. The van der Waals surface area contributed by atoms with Gasteiger partial charge in [-0.05, 0) is 90.3 Å². The predicted molar refractivity (Wildman–Crippen MR) is 128 cm³/mol. The molecule has 0 radical (unpaired) electrons. The molecule has 0 bridgehead atoms. The van der Waals surface area contributed by atoms with Gasteiger partial charge in [-0.2, -0.15) is 5.26 Å². The van der Waals surface area contributed by atoms with Crippen molar-refractivity contribution in [2.45, 2.75) is 76.9 Å². The highest BCUT2D eigenvalue weighted by Gasteiger charge is 2.38. The molecule has 3 rings (SSSR count). The van der Waals surface area contributed by atoms with E-state index >= 15 is 0 Å². The molecule has 1 amide bonds. The molecule has 1 aliphatic rings. The van der Waals surface area contributed by atoms with Crippen molar-refractivity contribution in [2.75, 3.05) is 0 Å². The van der Waals surface area contributed by atoms with Gasteiger partial charge >= 0.3 is 0 Å². The fourth-order valence-corrected chi connectivity index (χ4v) is 4.78. The second-order valence-corrected chi connectivity index (χ2v) is 10.9. The summed E-state index contributed by atoms with van der Waals surface area (Å²) in [4.78, 5) is 12.9. The van der Waals surface area contributed by atoms with Crippen LogP contribution in [-0.4, -0.2) is 23.0 Å². The lowest BCUT2D eigenvalue weighted by molar-refractivity contribution is 0.0873. The van der Waals surface area contributed by atoms with Crippen molar-refractivity contribution in [2.24, 2.45) is 0 Å². The van der Waals surface area contributed by atoms with Gasteiger partial charge in [-0.15, -0.1) is 0 Å². The summed E-state index contributed by atoms with van der Waals surface area (Å²) in [5, 5.41) is 16.5. The topological polar surface area (TPSA) is 74.1 Å². The maximum absolute atomic E-state index is 12.9. The van der Waals surface area contributed by atoms with Crippen LogP contribution in [0.15, 0.2) is 42.5 Å². The second kappa shape index (κ2) is 8.77. The van der Waals surface area contributed by atoms with Crippen LogP contribution in [-0.2, 0) is 5.41 Å². The second-order valence-electron chi connectivity index (χ2n) is 10.5. The van der Waals surface area contributed by atoms with E-state index in [-0.39, 0.29) is 23.0 Å². The van der Waals surface area contributed by atoms with Crippen molar-refractivity contribution < 1.29 is 9.53 Å². The fourth-order valence-electron chi connectivity index (χ4n) is 4.56. The van der Waals surface area contributed by atoms with Gasteiger partial charge in [0.25, 0.3) is 5.91 Å². The number of ether oxygens (including phenoxy) is 1. The summed E-state index contributed by atoms with van der Waals surface area (Å²) in [5.74, 6) is 0.901. The van der Waals surface area contributed by atoms with Crippen LogP contribution in [0.3, 0.4) is 0 Å². The van der Waals surface area contributed by atoms with Crippen molar-refractivity contribution in [3.8, 4) is 17.6 Å². The molecule has 5 nitrogen and oxygen atoms in total. The van der Waals surface area contributed by atoms with Gasteiger partial charge in [0, 0.05) is 22.7 Å². The Kier molecular flexibility index (Phi) is 6.60. The number of rotatable bonds is 5. The number of hydrogen-bond acceptors (Lipinski definition) is 4. The van der Waals surface area contributed by atoms with Crippen LogP contribution in [0.5, 0.6) is 11.5 Å². The molecule has 0 atom stereocenters. The average molecular weight is 454 g/mol. The molecule has 0 aromatic heterocycles. The van der Waals surface area contributed by atoms with E-state index < -0.39 is 5.41 Å². The maximum atomic E-state index is 12.9. The fraction of sp³-hybridized carbons (Fsp3) is 0.462. The van der Waals surface area contributed by atoms with Crippen molar-refractivity contribution in [3.63, 3.8) is 0 Å². The summed E-state index contributed by atoms with van der Waals surface area (Å²) < 4.78 is 5.95. The van der Waals surface area contributed by atoms with Gasteiger partial charge < -0.3 is 15.4 Å². The van der Waals surface area contributed by atoms with E-state index in [4.69, 9.17) is 16.3 Å². The Morgan fingerprint density at radius 3 is 2.41 bits per heavy atom. The third kappa shape index (κ3) is 5.82. The summed E-state index contributed by atoms with van der Waals surface area (Å²) in [7, 11) is 0. The summed E-state index contributed by atoms with van der Waals surface area (Å²) in [5.41, 5.74) is 0.629. The normalized spacial score (nSPS) is 17.9. The van der Waals surface area contributed by atoms with Gasteiger partial charge in [0.1, 0.15) is 11.5 Å². The zero-order valence-electron chi connectivity index (χ0n) is 19.7. The minimum atomic E-state index is -0.622. The number of amides is 1. The largest absolute Gasteiger partial charge is 0.456 e. The molecule has 6 heteroatoms. The number of carbonyl (C=O) groups excluding carboxylic acids is 1. The van der Waals surface area contributed by atoms with Crippen molar-refractivity contribution in [1.29, 1.82) is 5.26 Å². The van der Waals surface area contributed by atoms with Gasteiger partial charge in [-0.25, -0.2) is 0 Å². The van der Waals surface area contributed by atoms with Crippen LogP contribution < -0.4 is 15.4 Å². The Hall–Kier alpha value is -2.55. The van der Waals surface area contributed by atoms with Crippen LogP contribution in [0, 0.1) is 11.3 Å². The van der Waals surface area contributed by atoms with Crippen LogP contribution in [0.1, 0.15) is 70.3 Å². The lowest BCUT2D eigenvalue weighted by Gasteiger charge is -2.46. The Labute approximate surface area is 196 Å². The number of piperidine rings is 1. The minimum absolute atomic E-state index is 0.0519. The third-order valence-corrected chi connectivity index (χ3v) is 6.08. The average Bonchev–Trinajstić information content (AvgIpc) is 2.67. The number of carbonyl (C=O) groups is 1. The summed E-state index contributed by atoms with van der Waals surface area (Å²) in [6.45, 7) is 12.3. The van der Waals surface area contributed by atoms with E-state index in [0.717, 1.165) is 18.4 Å².